The molecule has 2 heterocycles. The van der Waals surface area contributed by atoms with E-state index in [0.717, 1.165) is 20.8 Å². The van der Waals surface area contributed by atoms with Crippen molar-refractivity contribution >= 4 is 35.3 Å². The van der Waals surface area contributed by atoms with Crippen LogP contribution in [-0.4, -0.2) is 72.6 Å². The fourth-order valence-electron chi connectivity index (χ4n) is 4.25. The van der Waals surface area contributed by atoms with Gasteiger partial charge in [-0.15, -0.1) is 0 Å². The second-order valence-electron chi connectivity index (χ2n) is 8.10. The van der Waals surface area contributed by atoms with Crippen LogP contribution in [0.5, 0.6) is 0 Å². The number of hydrogen-bond donors (Lipinski definition) is 0. The van der Waals surface area contributed by atoms with Crippen LogP contribution in [0.1, 0.15) is 33.3 Å². The summed E-state index contributed by atoms with van der Waals surface area (Å²) in [5.41, 5.74) is 1.19. The largest absolute Gasteiger partial charge is 0.463 e. The summed E-state index contributed by atoms with van der Waals surface area (Å²) in [7, 11) is 0. The van der Waals surface area contributed by atoms with Crippen LogP contribution in [0, 0.1) is 10.1 Å². The van der Waals surface area contributed by atoms with Crippen LogP contribution in [0.25, 0.3) is 0 Å². The van der Waals surface area contributed by atoms with E-state index in [1.807, 2.05) is 0 Å². The molecule has 0 amide bonds. The summed E-state index contributed by atoms with van der Waals surface area (Å²) in [6.07, 6.45) is -5.49. The molecule has 2 aliphatic heterocycles. The van der Waals surface area contributed by atoms with Crippen molar-refractivity contribution in [2.75, 3.05) is 18.1 Å². The van der Waals surface area contributed by atoms with Crippen molar-refractivity contribution in [3.8, 4) is 0 Å². The molecule has 0 spiro atoms. The monoisotopic (exact) mass is 494 g/mol. The zero-order valence-corrected chi connectivity index (χ0v) is 19.6. The van der Waals surface area contributed by atoms with Crippen molar-refractivity contribution < 1.29 is 47.8 Å². The molecule has 0 aromatic heterocycles. The Morgan fingerprint density at radius 1 is 0.971 bits per heavy atom. The van der Waals surface area contributed by atoms with Crippen LogP contribution in [0.3, 0.4) is 0 Å². The van der Waals surface area contributed by atoms with Crippen LogP contribution in [0.2, 0.25) is 0 Å². The minimum Gasteiger partial charge on any atom is -0.463 e. The maximum absolute atomic E-state index is 12.0. The van der Waals surface area contributed by atoms with E-state index in [-0.39, 0.29) is 12.3 Å². The number of nitro groups is 1. The SMILES string of the molecule is CC(=O)OCC1OC(N2CCc3cc([N+](=O)[O-])ccc32)C(OC(C)=O)C(OC(C)=O)C1OC(C)=O. The Morgan fingerprint density at radius 3 is 2.14 bits per heavy atom. The average Bonchev–Trinajstić information content (AvgIpc) is 3.17. The number of rotatable bonds is 7. The van der Waals surface area contributed by atoms with E-state index in [4.69, 9.17) is 23.7 Å². The third-order valence-electron chi connectivity index (χ3n) is 5.48. The van der Waals surface area contributed by atoms with Gasteiger partial charge in [0.2, 0.25) is 0 Å². The molecular weight excluding hydrogens is 468 g/mol. The Balaban J connectivity index is 2.05. The maximum Gasteiger partial charge on any atom is 0.303 e. The highest BCUT2D eigenvalue weighted by atomic mass is 16.7. The summed E-state index contributed by atoms with van der Waals surface area (Å²) in [6.45, 7) is 4.64. The van der Waals surface area contributed by atoms with Crippen molar-refractivity contribution in [2.24, 2.45) is 0 Å². The predicted molar refractivity (Wildman–Crippen MR) is 116 cm³/mol. The number of hydrogen-bond acceptors (Lipinski definition) is 12. The first-order chi connectivity index (χ1) is 16.5. The molecule has 13 nitrogen and oxygen atoms in total. The van der Waals surface area contributed by atoms with Crippen molar-refractivity contribution in [1.82, 2.24) is 0 Å². The lowest BCUT2D eigenvalue weighted by molar-refractivity contribution is -0.384. The Bertz CT molecular complexity index is 1030. The number of carbonyl (C=O) groups excluding carboxylic acids is 4. The van der Waals surface area contributed by atoms with Gasteiger partial charge in [-0.05, 0) is 18.1 Å². The van der Waals surface area contributed by atoms with E-state index in [1.54, 1.807) is 11.0 Å². The molecule has 0 N–H and O–H groups in total. The summed E-state index contributed by atoms with van der Waals surface area (Å²) < 4.78 is 27.6. The number of anilines is 1. The Labute approximate surface area is 200 Å². The molecule has 5 unspecified atom stereocenters. The number of nitro benzene ring substituents is 1. The highest BCUT2D eigenvalue weighted by molar-refractivity contribution is 5.69. The number of ether oxygens (including phenoxy) is 5. The second kappa shape index (κ2) is 10.7. The van der Waals surface area contributed by atoms with E-state index in [9.17, 15) is 29.3 Å². The van der Waals surface area contributed by atoms with E-state index >= 15 is 0 Å². The Hall–Kier alpha value is -3.74. The van der Waals surface area contributed by atoms with Gasteiger partial charge in [-0.1, -0.05) is 0 Å². The van der Waals surface area contributed by atoms with E-state index in [2.05, 4.69) is 0 Å². The van der Waals surface area contributed by atoms with Gasteiger partial charge in [0.1, 0.15) is 12.7 Å². The second-order valence-corrected chi connectivity index (χ2v) is 8.10. The number of carbonyl (C=O) groups is 4. The lowest BCUT2D eigenvalue weighted by Crippen LogP contribution is -2.66. The number of non-ortho nitro benzene ring substituents is 1. The summed E-state index contributed by atoms with van der Waals surface area (Å²) in [4.78, 5) is 59.7. The maximum atomic E-state index is 12.0. The Morgan fingerprint density at radius 2 is 1.57 bits per heavy atom. The molecule has 5 atom stereocenters. The lowest BCUT2D eigenvalue weighted by Gasteiger charge is -2.47. The zero-order valence-electron chi connectivity index (χ0n) is 19.6. The number of fused-ring (bicyclic) bond motifs is 1. The minimum atomic E-state index is -1.29. The smallest absolute Gasteiger partial charge is 0.303 e. The Kier molecular flexibility index (Phi) is 7.89. The zero-order chi connectivity index (χ0) is 25.9. The molecule has 190 valence electrons. The molecule has 13 heteroatoms. The van der Waals surface area contributed by atoms with Crippen molar-refractivity contribution in [2.45, 2.75) is 64.8 Å². The molecule has 2 aliphatic rings. The van der Waals surface area contributed by atoms with Crippen LogP contribution in [-0.2, 0) is 49.3 Å². The van der Waals surface area contributed by atoms with Gasteiger partial charge in [0.25, 0.3) is 5.69 Å². The molecule has 0 saturated carbocycles. The molecule has 0 radical (unpaired) electrons. The van der Waals surface area contributed by atoms with Crippen molar-refractivity contribution in [3.05, 3.63) is 33.9 Å². The van der Waals surface area contributed by atoms with Gasteiger partial charge < -0.3 is 28.6 Å². The van der Waals surface area contributed by atoms with Gasteiger partial charge in [0.05, 0.1) is 4.92 Å². The van der Waals surface area contributed by atoms with Crippen LogP contribution < -0.4 is 4.90 Å². The standard InChI is InChI=1S/C22H26N2O11/c1-11(25)31-10-18-19(32-12(2)26)20(33-13(3)27)21(34-14(4)28)22(35-18)23-8-7-15-9-16(24(29)30)5-6-17(15)23/h5-6,9,18-22H,7-8,10H2,1-4H3. The molecule has 0 bridgehead atoms. The third kappa shape index (κ3) is 6.04. The lowest BCUT2D eigenvalue weighted by atomic mass is 9.96. The van der Waals surface area contributed by atoms with Gasteiger partial charge in [-0.3, -0.25) is 29.3 Å². The van der Waals surface area contributed by atoms with Gasteiger partial charge in [0.15, 0.2) is 24.5 Å². The molecule has 1 aromatic carbocycles. The van der Waals surface area contributed by atoms with Crippen LogP contribution in [0.4, 0.5) is 11.4 Å². The molecule has 0 aliphatic carbocycles. The van der Waals surface area contributed by atoms with Crippen LogP contribution in [0.15, 0.2) is 18.2 Å². The molecule has 1 aromatic rings. The number of esters is 4. The number of nitrogens with zero attached hydrogens (tertiary/aromatic N) is 2. The van der Waals surface area contributed by atoms with Crippen molar-refractivity contribution in [1.29, 1.82) is 0 Å². The quantitative estimate of drug-likeness (QED) is 0.230. The summed E-state index contributed by atoms with van der Waals surface area (Å²) >= 11 is 0. The van der Waals surface area contributed by atoms with E-state index in [1.165, 1.54) is 19.1 Å². The van der Waals surface area contributed by atoms with Crippen molar-refractivity contribution in [3.63, 3.8) is 0 Å². The highest BCUT2D eigenvalue weighted by Crippen LogP contribution is 2.38. The van der Waals surface area contributed by atoms with Gasteiger partial charge >= 0.3 is 23.9 Å². The fourth-order valence-corrected chi connectivity index (χ4v) is 4.25. The normalized spacial score (nSPS) is 25.3. The third-order valence-corrected chi connectivity index (χ3v) is 5.48. The van der Waals surface area contributed by atoms with E-state index < -0.39 is 59.4 Å². The first-order valence-corrected chi connectivity index (χ1v) is 10.8. The average molecular weight is 494 g/mol. The summed E-state index contributed by atoms with van der Waals surface area (Å²) in [6, 6.07) is 4.33. The highest BCUT2D eigenvalue weighted by Gasteiger charge is 2.54. The summed E-state index contributed by atoms with van der Waals surface area (Å²) in [5, 5.41) is 11.2. The minimum absolute atomic E-state index is 0.0767. The predicted octanol–water partition coefficient (Wildman–Crippen LogP) is 1.04. The number of benzene rings is 1. The van der Waals surface area contributed by atoms with Gasteiger partial charge in [-0.2, -0.15) is 0 Å². The molecule has 1 fully saturated rings. The van der Waals surface area contributed by atoms with Gasteiger partial charge in [-0.25, -0.2) is 0 Å². The van der Waals surface area contributed by atoms with E-state index in [0.29, 0.717) is 24.2 Å². The fraction of sp³-hybridized carbons (Fsp3) is 0.545. The summed E-state index contributed by atoms with van der Waals surface area (Å²) in [5.74, 6) is -2.77. The van der Waals surface area contributed by atoms with Gasteiger partial charge in [0, 0.05) is 52.1 Å². The first kappa shape index (κ1) is 25.9. The molecular formula is C22H26N2O11. The molecule has 35 heavy (non-hydrogen) atoms. The molecule has 3 rings (SSSR count). The van der Waals surface area contributed by atoms with Crippen LogP contribution >= 0.6 is 0 Å². The molecule has 1 saturated heterocycles. The first-order valence-electron chi connectivity index (χ1n) is 10.8. The topological polar surface area (TPSA) is 161 Å².